The quantitative estimate of drug-likeness (QED) is 0.265. The zero-order valence-corrected chi connectivity index (χ0v) is 21.5. The van der Waals surface area contributed by atoms with E-state index in [4.69, 9.17) is 5.73 Å². The summed E-state index contributed by atoms with van der Waals surface area (Å²) in [5, 5.41) is 10.9. The van der Waals surface area contributed by atoms with Gasteiger partial charge in [-0.3, -0.25) is 4.90 Å². The molecule has 4 N–H and O–H groups in total. The number of hydrogen-bond donors (Lipinski definition) is 3. The van der Waals surface area contributed by atoms with Crippen LogP contribution in [0.3, 0.4) is 0 Å². The van der Waals surface area contributed by atoms with Gasteiger partial charge in [0.05, 0.1) is 17.1 Å². The van der Waals surface area contributed by atoms with Gasteiger partial charge < -0.3 is 15.8 Å². The fourth-order valence-electron chi connectivity index (χ4n) is 4.55. The van der Waals surface area contributed by atoms with Crippen LogP contribution in [0.1, 0.15) is 27.0 Å². The van der Waals surface area contributed by atoms with E-state index >= 15 is 0 Å². The number of aromatic carboxylic acids is 1. The molecule has 0 saturated carbocycles. The van der Waals surface area contributed by atoms with Crippen LogP contribution in [0.5, 0.6) is 0 Å². The maximum atomic E-state index is 12.0. The van der Waals surface area contributed by atoms with Gasteiger partial charge in [-0.2, -0.15) is 0 Å². The van der Waals surface area contributed by atoms with Crippen molar-refractivity contribution in [2.45, 2.75) is 0 Å². The molecule has 38 heavy (non-hydrogen) atoms. The van der Waals surface area contributed by atoms with Crippen LogP contribution >= 0.6 is 0 Å². The lowest BCUT2D eigenvalue weighted by Gasteiger charge is -2.25. The Morgan fingerprint density at radius 1 is 1.05 bits per heavy atom. The van der Waals surface area contributed by atoms with Gasteiger partial charge in [0.15, 0.2) is 9.84 Å². The highest BCUT2D eigenvalue weighted by molar-refractivity contribution is 7.91. The van der Waals surface area contributed by atoms with Gasteiger partial charge in [0.2, 0.25) is 0 Å². The number of carboxylic acids is 1. The van der Waals surface area contributed by atoms with Crippen molar-refractivity contribution < 1.29 is 18.3 Å². The minimum atomic E-state index is -2.89. The van der Waals surface area contributed by atoms with Crippen LogP contribution in [-0.2, 0) is 9.84 Å². The minimum Gasteiger partial charge on any atom is -0.478 e. The molecule has 0 bridgehead atoms. The van der Waals surface area contributed by atoms with Crippen molar-refractivity contribution in [2.75, 3.05) is 36.9 Å². The van der Waals surface area contributed by atoms with Crippen LogP contribution in [0.15, 0.2) is 72.9 Å². The topological polar surface area (TPSA) is 116 Å². The normalized spacial score (nSPS) is 15.4. The molecule has 0 radical (unpaired) electrons. The number of nitrogens with zero attached hydrogens (tertiary/aromatic N) is 1. The molecule has 0 spiro atoms. The van der Waals surface area contributed by atoms with Crippen molar-refractivity contribution in [3.63, 3.8) is 0 Å². The first-order valence-corrected chi connectivity index (χ1v) is 14.1. The average Bonchev–Trinajstić information content (AvgIpc) is 3.37. The number of carbonyl (C=O) groups is 1. The van der Waals surface area contributed by atoms with Crippen molar-refractivity contribution in [2.24, 2.45) is 0 Å². The molecule has 5 rings (SSSR count). The van der Waals surface area contributed by atoms with E-state index in [9.17, 15) is 18.3 Å². The number of benzene rings is 3. The predicted octanol–water partition coefficient (Wildman–Crippen LogP) is 4.26. The summed E-state index contributed by atoms with van der Waals surface area (Å²) in [6, 6.07) is 18.4. The molecule has 7 nitrogen and oxygen atoms in total. The SMILES string of the molecule is Nc1cc(C#Cc2cccc(C(=O)O)c2-c2ccc3cc[nH]c3c2)ccc1/C=C/CN1CCS(=O)(=O)CC1. The second-order valence-electron chi connectivity index (χ2n) is 9.26. The van der Waals surface area contributed by atoms with Crippen molar-refractivity contribution in [3.05, 3.63) is 95.2 Å². The largest absolute Gasteiger partial charge is 0.478 e. The van der Waals surface area contributed by atoms with Crippen LogP contribution in [0, 0.1) is 11.8 Å². The summed E-state index contributed by atoms with van der Waals surface area (Å²) < 4.78 is 23.2. The second-order valence-corrected chi connectivity index (χ2v) is 11.6. The number of hydrogen-bond acceptors (Lipinski definition) is 5. The van der Waals surface area contributed by atoms with Gasteiger partial charge in [0.1, 0.15) is 0 Å². The molecule has 192 valence electrons. The molecule has 0 atom stereocenters. The average molecular weight is 526 g/mol. The maximum Gasteiger partial charge on any atom is 0.336 e. The molecule has 1 aliphatic rings. The highest BCUT2D eigenvalue weighted by atomic mass is 32.2. The number of carboxylic acid groups (broad SMARTS) is 1. The summed E-state index contributed by atoms with van der Waals surface area (Å²) in [7, 11) is -2.89. The zero-order chi connectivity index (χ0) is 26.7. The van der Waals surface area contributed by atoms with Crippen LogP contribution in [-0.4, -0.2) is 60.5 Å². The molecular formula is C30H27N3O4S. The Bertz CT molecular complexity index is 1710. The van der Waals surface area contributed by atoms with E-state index in [0.29, 0.717) is 42.0 Å². The molecule has 0 amide bonds. The van der Waals surface area contributed by atoms with E-state index in [-0.39, 0.29) is 17.1 Å². The molecule has 1 aliphatic heterocycles. The fourth-order valence-corrected chi connectivity index (χ4v) is 5.83. The van der Waals surface area contributed by atoms with Crippen molar-refractivity contribution in [1.29, 1.82) is 0 Å². The summed E-state index contributed by atoms with van der Waals surface area (Å²) in [6.45, 7) is 1.74. The Morgan fingerprint density at radius 3 is 2.63 bits per heavy atom. The minimum absolute atomic E-state index is 0.189. The van der Waals surface area contributed by atoms with Crippen molar-refractivity contribution in [3.8, 4) is 23.0 Å². The van der Waals surface area contributed by atoms with Gasteiger partial charge in [-0.1, -0.05) is 48.3 Å². The van der Waals surface area contributed by atoms with Gasteiger partial charge in [-0.25, -0.2) is 13.2 Å². The standard InChI is InChI=1S/C30H27N3O4S/c31-27-19-21(6-8-22(27)4-2-14-33-15-17-38(36,37)18-16-33)7-9-24-3-1-5-26(30(34)35)29(24)25-11-10-23-12-13-32-28(23)20-25/h1-6,8,10-13,19-20,32H,14-18,31H2,(H,34,35)/b4-2+. The summed E-state index contributed by atoms with van der Waals surface area (Å²) in [5.41, 5.74) is 11.5. The lowest BCUT2D eigenvalue weighted by atomic mass is 9.93. The number of nitrogens with two attached hydrogens (primary N) is 1. The van der Waals surface area contributed by atoms with Crippen LogP contribution in [0.2, 0.25) is 0 Å². The summed E-state index contributed by atoms with van der Waals surface area (Å²) >= 11 is 0. The summed E-state index contributed by atoms with van der Waals surface area (Å²) in [6.07, 6.45) is 5.77. The summed E-state index contributed by atoms with van der Waals surface area (Å²) in [5.74, 6) is 5.68. The number of rotatable bonds is 5. The Balaban J connectivity index is 1.38. The molecule has 1 aromatic heterocycles. The van der Waals surface area contributed by atoms with Gasteiger partial charge in [0, 0.05) is 53.7 Å². The van der Waals surface area contributed by atoms with Crippen LogP contribution in [0.25, 0.3) is 28.1 Å². The molecule has 0 aliphatic carbocycles. The molecular weight excluding hydrogens is 498 g/mol. The number of H-pyrrole nitrogens is 1. The molecule has 2 heterocycles. The number of anilines is 1. The smallest absolute Gasteiger partial charge is 0.336 e. The first-order chi connectivity index (χ1) is 18.3. The lowest BCUT2D eigenvalue weighted by Crippen LogP contribution is -2.40. The van der Waals surface area contributed by atoms with Gasteiger partial charge in [0.25, 0.3) is 0 Å². The third kappa shape index (κ3) is 5.65. The van der Waals surface area contributed by atoms with Crippen molar-refractivity contribution in [1.82, 2.24) is 9.88 Å². The Hall–Kier alpha value is -4.32. The Kier molecular flexibility index (Phi) is 7.05. The highest BCUT2D eigenvalue weighted by Gasteiger charge is 2.20. The number of nitrogens with one attached hydrogen (secondary N) is 1. The number of sulfone groups is 1. The molecule has 1 fully saturated rings. The molecule has 0 unspecified atom stereocenters. The van der Waals surface area contributed by atoms with E-state index in [2.05, 4.69) is 21.7 Å². The van der Waals surface area contributed by atoms with Gasteiger partial charge >= 0.3 is 5.97 Å². The Labute approximate surface area is 221 Å². The van der Waals surface area contributed by atoms with Crippen LogP contribution in [0.4, 0.5) is 5.69 Å². The van der Waals surface area contributed by atoms with Crippen molar-refractivity contribution >= 4 is 38.5 Å². The zero-order valence-electron chi connectivity index (χ0n) is 20.6. The highest BCUT2D eigenvalue weighted by Crippen LogP contribution is 2.30. The Morgan fingerprint density at radius 2 is 1.87 bits per heavy atom. The molecule has 1 saturated heterocycles. The van der Waals surface area contributed by atoms with Gasteiger partial charge in [-0.15, -0.1) is 0 Å². The first-order valence-electron chi connectivity index (χ1n) is 12.2. The van der Waals surface area contributed by atoms with E-state index in [1.54, 1.807) is 18.2 Å². The predicted molar refractivity (Wildman–Crippen MR) is 152 cm³/mol. The third-order valence-corrected chi connectivity index (χ3v) is 8.27. The number of aromatic amines is 1. The fraction of sp³-hybridized carbons (Fsp3) is 0.167. The molecule has 3 aromatic carbocycles. The van der Waals surface area contributed by atoms with E-state index < -0.39 is 15.8 Å². The molecule has 8 heteroatoms. The van der Waals surface area contributed by atoms with E-state index in [0.717, 1.165) is 22.0 Å². The third-order valence-electron chi connectivity index (χ3n) is 6.66. The number of aromatic nitrogens is 1. The van der Waals surface area contributed by atoms with Gasteiger partial charge in [-0.05, 0) is 52.9 Å². The number of fused-ring (bicyclic) bond motifs is 1. The monoisotopic (exact) mass is 525 g/mol. The van der Waals surface area contributed by atoms with E-state index in [1.807, 2.05) is 60.8 Å². The maximum absolute atomic E-state index is 12.0. The lowest BCUT2D eigenvalue weighted by molar-refractivity contribution is 0.0697. The van der Waals surface area contributed by atoms with E-state index in [1.165, 1.54) is 0 Å². The summed E-state index contributed by atoms with van der Waals surface area (Å²) in [4.78, 5) is 17.3. The number of nitrogen functional groups attached to an aromatic ring is 1. The second kappa shape index (κ2) is 10.6. The molecule has 4 aromatic rings. The van der Waals surface area contributed by atoms with Crippen LogP contribution < -0.4 is 5.73 Å². The first kappa shape index (κ1) is 25.3.